The third-order valence-electron chi connectivity index (χ3n) is 5.32. The number of rotatable bonds is 5. The highest BCUT2D eigenvalue weighted by Gasteiger charge is 2.22. The van der Waals surface area contributed by atoms with Crippen molar-refractivity contribution in [2.75, 3.05) is 32.0 Å². The van der Waals surface area contributed by atoms with Crippen LogP contribution in [0.2, 0.25) is 0 Å². The Balaban J connectivity index is 1.48. The van der Waals surface area contributed by atoms with E-state index < -0.39 is 0 Å². The minimum absolute atomic E-state index is 0.0900. The van der Waals surface area contributed by atoms with Gasteiger partial charge in [-0.2, -0.15) is 0 Å². The van der Waals surface area contributed by atoms with Gasteiger partial charge in [0.25, 0.3) is 0 Å². The predicted molar refractivity (Wildman–Crippen MR) is 94.8 cm³/mol. The number of likely N-dealkylation sites (tertiary alicyclic amines) is 1. The Bertz CT molecular complexity index is 508. The quantitative estimate of drug-likeness (QED) is 0.878. The zero-order valence-corrected chi connectivity index (χ0v) is 14.2. The second kappa shape index (κ2) is 7.93. The fraction of sp³-hybridized carbons (Fsp3) is 0.632. The number of likely N-dealkylation sites (N-methyl/N-ethyl adjacent to an activating group) is 1. The summed E-state index contributed by atoms with van der Waals surface area (Å²) in [5.74, 6) is 0.809. The molecule has 1 amide bonds. The molecule has 1 saturated carbocycles. The second-order valence-electron chi connectivity index (χ2n) is 7.01. The van der Waals surface area contributed by atoms with Crippen molar-refractivity contribution in [1.29, 1.82) is 0 Å². The predicted octanol–water partition coefficient (Wildman–Crippen LogP) is 2.97. The lowest BCUT2D eigenvalue weighted by Gasteiger charge is -2.22. The number of carbonyl (C=O) groups excluding carboxylic acids is 1. The van der Waals surface area contributed by atoms with Gasteiger partial charge in [-0.1, -0.05) is 31.4 Å². The van der Waals surface area contributed by atoms with Crippen molar-refractivity contribution < 1.29 is 4.79 Å². The normalized spacial score (nSPS) is 23.1. The Morgan fingerprint density at radius 1 is 1.13 bits per heavy atom. The first-order chi connectivity index (χ1) is 11.2. The number of hydrogen-bond donors (Lipinski definition) is 2. The summed E-state index contributed by atoms with van der Waals surface area (Å²) in [4.78, 5) is 14.4. The number of nitrogens with zero attached hydrogens (tertiary/aromatic N) is 1. The third kappa shape index (κ3) is 4.55. The highest BCUT2D eigenvalue weighted by Crippen LogP contribution is 2.32. The minimum atomic E-state index is 0.0900. The van der Waals surface area contributed by atoms with E-state index in [1.807, 2.05) is 7.05 Å². The summed E-state index contributed by atoms with van der Waals surface area (Å²) in [7, 11) is 1.99. The number of carbonyl (C=O) groups is 1. The molecule has 1 aliphatic heterocycles. The summed E-state index contributed by atoms with van der Waals surface area (Å²) in [6, 6.07) is 9.03. The molecule has 1 saturated heterocycles. The van der Waals surface area contributed by atoms with Crippen LogP contribution < -0.4 is 10.6 Å². The molecule has 1 heterocycles. The zero-order chi connectivity index (χ0) is 16.1. The zero-order valence-electron chi connectivity index (χ0n) is 14.2. The molecule has 126 valence electrons. The Kier molecular flexibility index (Phi) is 5.68. The fourth-order valence-corrected chi connectivity index (χ4v) is 3.89. The maximum atomic E-state index is 12.2. The van der Waals surface area contributed by atoms with Crippen molar-refractivity contribution in [3.63, 3.8) is 0 Å². The summed E-state index contributed by atoms with van der Waals surface area (Å²) < 4.78 is 0. The van der Waals surface area contributed by atoms with Crippen LogP contribution in [0.15, 0.2) is 24.3 Å². The van der Waals surface area contributed by atoms with Crippen molar-refractivity contribution in [3.8, 4) is 0 Å². The van der Waals surface area contributed by atoms with Gasteiger partial charge in [0.05, 0.1) is 6.54 Å². The SMILES string of the molecule is CNC1CCN(CC(=O)Nc2ccc(C3CCCCC3)cc2)C1. The van der Waals surface area contributed by atoms with Gasteiger partial charge in [-0.25, -0.2) is 0 Å². The van der Waals surface area contributed by atoms with Crippen LogP contribution in [0.4, 0.5) is 5.69 Å². The Morgan fingerprint density at radius 2 is 1.87 bits per heavy atom. The van der Waals surface area contributed by atoms with E-state index in [0.29, 0.717) is 12.6 Å². The van der Waals surface area contributed by atoms with E-state index >= 15 is 0 Å². The van der Waals surface area contributed by atoms with Crippen molar-refractivity contribution in [3.05, 3.63) is 29.8 Å². The molecule has 0 spiro atoms. The average molecular weight is 315 g/mol. The van der Waals surface area contributed by atoms with E-state index in [4.69, 9.17) is 0 Å². The van der Waals surface area contributed by atoms with E-state index in [1.54, 1.807) is 0 Å². The van der Waals surface area contributed by atoms with Gasteiger partial charge in [0, 0.05) is 24.8 Å². The van der Waals surface area contributed by atoms with Crippen LogP contribution in [0.1, 0.15) is 50.0 Å². The molecule has 1 unspecified atom stereocenters. The van der Waals surface area contributed by atoms with Crippen LogP contribution in [0.25, 0.3) is 0 Å². The van der Waals surface area contributed by atoms with Crippen LogP contribution in [0, 0.1) is 0 Å². The minimum Gasteiger partial charge on any atom is -0.325 e. The van der Waals surface area contributed by atoms with Gasteiger partial charge >= 0.3 is 0 Å². The summed E-state index contributed by atoms with van der Waals surface area (Å²) >= 11 is 0. The lowest BCUT2D eigenvalue weighted by molar-refractivity contribution is -0.117. The van der Waals surface area contributed by atoms with Gasteiger partial charge < -0.3 is 10.6 Å². The molecular formula is C19H29N3O. The van der Waals surface area contributed by atoms with Crippen molar-refractivity contribution in [2.45, 2.75) is 50.5 Å². The molecule has 0 aromatic heterocycles. The molecule has 4 nitrogen and oxygen atoms in total. The van der Waals surface area contributed by atoms with Crippen molar-refractivity contribution in [2.24, 2.45) is 0 Å². The van der Waals surface area contributed by atoms with E-state index in [2.05, 4.69) is 39.8 Å². The Hall–Kier alpha value is -1.39. The van der Waals surface area contributed by atoms with Crippen molar-refractivity contribution in [1.82, 2.24) is 10.2 Å². The van der Waals surface area contributed by atoms with Crippen LogP contribution in [-0.4, -0.2) is 43.5 Å². The summed E-state index contributed by atoms with van der Waals surface area (Å²) in [5.41, 5.74) is 2.35. The highest BCUT2D eigenvalue weighted by atomic mass is 16.2. The largest absolute Gasteiger partial charge is 0.325 e. The first-order valence-electron chi connectivity index (χ1n) is 9.04. The van der Waals surface area contributed by atoms with E-state index in [0.717, 1.165) is 31.1 Å². The van der Waals surface area contributed by atoms with Gasteiger partial charge in [-0.05, 0) is 49.9 Å². The molecule has 1 aromatic rings. The maximum absolute atomic E-state index is 12.2. The number of hydrogen-bond acceptors (Lipinski definition) is 3. The lowest BCUT2D eigenvalue weighted by Crippen LogP contribution is -2.34. The molecule has 0 radical (unpaired) electrons. The van der Waals surface area contributed by atoms with Gasteiger partial charge in [-0.15, -0.1) is 0 Å². The molecule has 2 aliphatic rings. The first-order valence-corrected chi connectivity index (χ1v) is 9.04. The molecule has 1 aromatic carbocycles. The second-order valence-corrected chi connectivity index (χ2v) is 7.01. The van der Waals surface area contributed by atoms with Crippen LogP contribution >= 0.6 is 0 Å². The summed E-state index contributed by atoms with van der Waals surface area (Å²) in [5, 5.41) is 6.31. The average Bonchev–Trinajstić information content (AvgIpc) is 3.04. The number of anilines is 1. The summed E-state index contributed by atoms with van der Waals surface area (Å²) in [6.07, 6.45) is 7.84. The van der Waals surface area contributed by atoms with Crippen molar-refractivity contribution >= 4 is 11.6 Å². The number of benzene rings is 1. The van der Waals surface area contributed by atoms with Gasteiger partial charge in [0.1, 0.15) is 0 Å². The molecule has 3 rings (SSSR count). The molecule has 2 N–H and O–H groups in total. The molecule has 1 atom stereocenters. The van der Waals surface area contributed by atoms with E-state index in [-0.39, 0.29) is 5.91 Å². The first kappa shape index (κ1) is 16.5. The highest BCUT2D eigenvalue weighted by molar-refractivity contribution is 5.92. The molecule has 23 heavy (non-hydrogen) atoms. The molecular weight excluding hydrogens is 286 g/mol. The van der Waals surface area contributed by atoms with Crippen LogP contribution in [-0.2, 0) is 4.79 Å². The molecule has 1 aliphatic carbocycles. The molecule has 0 bridgehead atoms. The lowest BCUT2D eigenvalue weighted by atomic mass is 9.84. The van der Waals surface area contributed by atoms with E-state index in [9.17, 15) is 4.79 Å². The fourth-order valence-electron chi connectivity index (χ4n) is 3.89. The van der Waals surface area contributed by atoms with Gasteiger partial charge in [0.2, 0.25) is 5.91 Å². The monoisotopic (exact) mass is 315 g/mol. The smallest absolute Gasteiger partial charge is 0.238 e. The Labute approximate surface area is 139 Å². The van der Waals surface area contributed by atoms with Crippen LogP contribution in [0.5, 0.6) is 0 Å². The van der Waals surface area contributed by atoms with Gasteiger partial charge in [0.15, 0.2) is 0 Å². The van der Waals surface area contributed by atoms with Gasteiger partial charge in [-0.3, -0.25) is 9.69 Å². The number of nitrogens with one attached hydrogen (secondary N) is 2. The number of amides is 1. The Morgan fingerprint density at radius 3 is 2.52 bits per heavy atom. The topological polar surface area (TPSA) is 44.4 Å². The summed E-state index contributed by atoms with van der Waals surface area (Å²) in [6.45, 7) is 2.45. The third-order valence-corrected chi connectivity index (χ3v) is 5.32. The van der Waals surface area contributed by atoms with Crippen LogP contribution in [0.3, 0.4) is 0 Å². The molecule has 2 fully saturated rings. The molecule has 4 heteroatoms. The maximum Gasteiger partial charge on any atom is 0.238 e. The van der Waals surface area contributed by atoms with E-state index in [1.165, 1.54) is 37.7 Å². The standard InChI is InChI=1S/C19H29N3O/c1-20-18-11-12-22(13-18)14-19(23)21-17-9-7-16(8-10-17)15-5-3-2-4-6-15/h7-10,15,18,20H,2-6,11-14H2,1H3,(H,21,23).